The highest BCUT2D eigenvalue weighted by molar-refractivity contribution is 9.09. The number of aliphatic hydroxyl groups excluding tert-OH is 4. The van der Waals surface area contributed by atoms with Crippen LogP contribution in [0.5, 0.6) is 0 Å². The van der Waals surface area contributed by atoms with Gasteiger partial charge in [-0.2, -0.15) is 0 Å². The van der Waals surface area contributed by atoms with Crippen LogP contribution in [0, 0.1) is 92.7 Å². The smallest absolute Gasteiger partial charge is 0.316 e. The maximum Gasteiger partial charge on any atom is 0.316 e. The lowest BCUT2D eigenvalue weighted by atomic mass is 9.43. The predicted octanol–water partition coefficient (Wildman–Crippen LogP) is 9.57. The van der Waals surface area contributed by atoms with Gasteiger partial charge in [0, 0.05) is 25.9 Å². The molecule has 74 heavy (non-hydrogen) atoms. The van der Waals surface area contributed by atoms with Gasteiger partial charge in [-0.15, -0.1) is 0 Å². The van der Waals surface area contributed by atoms with Gasteiger partial charge in [-0.25, -0.2) is 0 Å². The molecule has 8 aliphatic carbocycles. The number of carbonyl (C=O) groups is 4. The zero-order valence-electron chi connectivity index (χ0n) is 45.3. The van der Waals surface area contributed by atoms with E-state index in [2.05, 4.69) is 84.0 Å². The lowest BCUT2D eigenvalue weighted by Gasteiger charge is -2.63. The molecule has 14 heteroatoms. The Balaban J connectivity index is 0.713. The van der Waals surface area contributed by atoms with Crippen molar-refractivity contribution < 1.29 is 49.1 Å². The molecule has 8 aliphatic rings. The molecular weight excluding hydrogens is 1070 g/mol. The van der Waals surface area contributed by atoms with Crippen LogP contribution in [0.15, 0.2) is 24.3 Å². The molecule has 2 unspecified atom stereocenters. The highest BCUT2D eigenvalue weighted by atomic mass is 79.9. The Morgan fingerprint density at radius 3 is 1.39 bits per heavy atom. The molecule has 2 amide bonds. The Kier molecular flexibility index (Phi) is 17.3. The molecule has 0 aliphatic heterocycles. The number of amides is 2. The maximum atomic E-state index is 13.4. The van der Waals surface area contributed by atoms with Gasteiger partial charge in [0.2, 0.25) is 11.8 Å². The van der Waals surface area contributed by atoms with Crippen LogP contribution in [0.1, 0.15) is 168 Å². The molecular formula is C60H90Br2N2O10. The van der Waals surface area contributed by atoms with Crippen molar-refractivity contribution in [3.63, 3.8) is 0 Å². The SMILES string of the molecule is C[C@H](CCC(=O)NCc1cccc(CNC(=O)CC[C@@H](C)[C@H]2CC[C@H]3[C@@H]4[C@H](O)CC5C[C@H](OC(=O)CBr)CC[C@]5(C)[C@H]4C[C@H](O)[C@]23C)c1)[C@H]1CC[C@H]2[C@@H]3[C@H](O)CC4C[C@H](OC(=O)CBr)CC[C@]4(C)[C@H]3C[C@H](O)[C@]12C. The van der Waals surface area contributed by atoms with E-state index in [9.17, 15) is 39.6 Å². The zero-order valence-corrected chi connectivity index (χ0v) is 48.4. The number of hydrogen-bond acceptors (Lipinski definition) is 10. The van der Waals surface area contributed by atoms with Gasteiger partial charge >= 0.3 is 11.9 Å². The van der Waals surface area contributed by atoms with E-state index in [1.54, 1.807) is 0 Å². The third-order valence-corrected chi connectivity index (χ3v) is 24.4. The number of benzene rings is 1. The third-order valence-electron chi connectivity index (χ3n) is 23.4. The average Bonchev–Trinajstić information content (AvgIpc) is 3.93. The number of halogens is 2. The second kappa shape index (κ2) is 22.6. The van der Waals surface area contributed by atoms with Crippen LogP contribution in [0.25, 0.3) is 0 Å². The first-order valence-electron chi connectivity index (χ1n) is 29.0. The van der Waals surface area contributed by atoms with Crippen molar-refractivity contribution in [3.05, 3.63) is 35.4 Å². The van der Waals surface area contributed by atoms with E-state index in [1.807, 2.05) is 24.3 Å². The van der Waals surface area contributed by atoms with Crippen molar-refractivity contribution >= 4 is 55.6 Å². The quantitative estimate of drug-likeness (QED) is 0.0687. The second-order valence-corrected chi connectivity index (χ2v) is 27.8. The van der Waals surface area contributed by atoms with Crippen molar-refractivity contribution in [2.24, 2.45) is 92.7 Å². The lowest BCUT2D eigenvalue weighted by molar-refractivity contribution is -0.209. The highest BCUT2D eigenvalue weighted by Gasteiger charge is 2.68. The Hall–Kier alpha value is -2.10. The van der Waals surface area contributed by atoms with E-state index < -0.39 is 24.4 Å². The van der Waals surface area contributed by atoms with E-state index in [4.69, 9.17) is 9.47 Å². The lowest BCUT2D eigenvalue weighted by Crippen LogP contribution is -2.62. The molecule has 0 heterocycles. The summed E-state index contributed by atoms with van der Waals surface area (Å²) in [5.74, 6) is 2.21. The number of aliphatic hydroxyl groups is 4. The molecule has 22 atom stereocenters. The fraction of sp³-hybridized carbons (Fsp3) is 0.833. The van der Waals surface area contributed by atoms with Gasteiger partial charge in [0.25, 0.3) is 0 Å². The molecule has 0 radical (unpaired) electrons. The van der Waals surface area contributed by atoms with E-state index in [0.717, 1.165) is 88.2 Å². The summed E-state index contributed by atoms with van der Waals surface area (Å²) in [6.07, 6.45) is 12.0. The molecule has 0 aromatic heterocycles. The fourth-order valence-corrected chi connectivity index (χ4v) is 19.7. The summed E-state index contributed by atoms with van der Waals surface area (Å²) in [5.41, 5.74) is 1.29. The first-order valence-corrected chi connectivity index (χ1v) is 31.2. The minimum absolute atomic E-state index is 0.00235. The van der Waals surface area contributed by atoms with Crippen LogP contribution in [0.3, 0.4) is 0 Å². The molecule has 6 N–H and O–H groups in total. The van der Waals surface area contributed by atoms with Crippen molar-refractivity contribution in [3.8, 4) is 0 Å². The van der Waals surface area contributed by atoms with Crippen molar-refractivity contribution in [1.82, 2.24) is 10.6 Å². The van der Waals surface area contributed by atoms with Crippen LogP contribution < -0.4 is 10.6 Å². The number of esters is 2. The number of fused-ring (bicyclic) bond motifs is 10. The maximum absolute atomic E-state index is 13.4. The van der Waals surface area contributed by atoms with Crippen LogP contribution in [0.4, 0.5) is 0 Å². The van der Waals surface area contributed by atoms with E-state index in [1.165, 1.54) is 0 Å². The minimum Gasteiger partial charge on any atom is -0.462 e. The Morgan fingerprint density at radius 1 is 0.595 bits per heavy atom. The van der Waals surface area contributed by atoms with Gasteiger partial charge in [-0.1, -0.05) is 97.7 Å². The molecule has 1 aromatic carbocycles. The number of carbonyl (C=O) groups excluding carboxylic acids is 4. The van der Waals surface area contributed by atoms with Gasteiger partial charge in [0.05, 0.1) is 24.4 Å². The summed E-state index contributed by atoms with van der Waals surface area (Å²) < 4.78 is 11.5. The molecule has 0 saturated heterocycles. The summed E-state index contributed by atoms with van der Waals surface area (Å²) in [4.78, 5) is 50.9. The van der Waals surface area contributed by atoms with Crippen molar-refractivity contribution in [2.75, 3.05) is 10.7 Å². The standard InChI is InChI=1S/C60H90Br2N2O10/c1-33(41-12-14-43-55-45(27-49(67)59(41,43)5)57(3)20-18-39(73-53(71)29-61)23-37(57)25-47(55)65)10-16-51(69)63-31-35-8-7-9-36(22-35)32-64-52(70)17-11-34(2)42-13-15-44-56-46(28-50(68)60(42,44)6)58(4)21-19-40(74-54(72)30-62)24-38(58)26-48(56)66/h7-9,22,33-34,37-50,55-56,65-68H,10-21,23-32H2,1-6H3,(H,63,69)(H,64,70)/t33-,34-,37?,38?,39-,40-,41-,42-,43+,44+,45+,46+,47-,48-,49+,50+,55+,56+,57+,58+,59-,60-/m1/s1. The molecule has 414 valence electrons. The normalized spacial score (nSPS) is 43.9. The van der Waals surface area contributed by atoms with Gasteiger partial charge in [-0.3, -0.25) is 19.2 Å². The van der Waals surface area contributed by atoms with Gasteiger partial charge < -0.3 is 40.5 Å². The number of nitrogens with one attached hydrogen (secondary N) is 2. The van der Waals surface area contributed by atoms with E-state index >= 15 is 0 Å². The van der Waals surface area contributed by atoms with E-state index in [-0.39, 0.29) is 139 Å². The molecule has 0 bridgehead atoms. The Morgan fingerprint density at radius 2 is 1.00 bits per heavy atom. The number of hydrogen-bond donors (Lipinski definition) is 6. The second-order valence-electron chi connectivity index (χ2n) is 26.6. The molecule has 8 saturated carbocycles. The number of rotatable bonds is 16. The molecule has 9 rings (SSSR count). The summed E-state index contributed by atoms with van der Waals surface area (Å²) in [6, 6.07) is 8.01. The van der Waals surface area contributed by atoms with Crippen LogP contribution in [-0.2, 0) is 41.7 Å². The topological polar surface area (TPSA) is 192 Å². The summed E-state index contributed by atoms with van der Waals surface area (Å²) in [6.45, 7) is 14.6. The van der Waals surface area contributed by atoms with Crippen LogP contribution in [0.2, 0.25) is 0 Å². The number of alkyl halides is 2. The summed E-state index contributed by atoms with van der Waals surface area (Å²) >= 11 is 6.44. The van der Waals surface area contributed by atoms with E-state index in [0.29, 0.717) is 51.6 Å². The largest absolute Gasteiger partial charge is 0.462 e. The van der Waals surface area contributed by atoms with Gasteiger partial charge in [0.1, 0.15) is 22.9 Å². The summed E-state index contributed by atoms with van der Waals surface area (Å²) in [5, 5.41) is 54.6. The monoisotopic (exact) mass is 1160 g/mol. The fourth-order valence-electron chi connectivity index (χ4n) is 19.4. The third kappa shape index (κ3) is 10.5. The molecule has 1 aromatic rings. The molecule has 0 spiro atoms. The zero-order chi connectivity index (χ0) is 53.1. The Labute approximate surface area is 458 Å². The first-order chi connectivity index (χ1) is 35.1. The molecule has 12 nitrogen and oxygen atoms in total. The summed E-state index contributed by atoms with van der Waals surface area (Å²) in [7, 11) is 0. The van der Waals surface area contributed by atoms with Crippen molar-refractivity contribution in [1.29, 1.82) is 0 Å². The molecule has 8 fully saturated rings. The average molecular weight is 1160 g/mol. The Bertz CT molecular complexity index is 2050. The van der Waals surface area contributed by atoms with Crippen molar-refractivity contribution in [2.45, 2.75) is 207 Å². The van der Waals surface area contributed by atoms with Crippen LogP contribution >= 0.6 is 31.9 Å². The predicted molar refractivity (Wildman–Crippen MR) is 290 cm³/mol. The van der Waals surface area contributed by atoms with Gasteiger partial charge in [0.15, 0.2) is 0 Å². The van der Waals surface area contributed by atoms with Gasteiger partial charge in [-0.05, 0) is 207 Å². The van der Waals surface area contributed by atoms with Crippen LogP contribution in [-0.4, -0.2) is 91.5 Å². The number of ether oxygens (including phenoxy) is 2. The minimum atomic E-state index is -0.474. The first kappa shape index (κ1) is 56.6. The highest BCUT2D eigenvalue weighted by Crippen LogP contribution is 2.70.